The van der Waals surface area contributed by atoms with Crippen molar-refractivity contribution >= 4 is 17.5 Å². The maximum Gasteiger partial charge on any atom is 0.230 e. The Morgan fingerprint density at radius 2 is 1.95 bits per heavy atom. The molecule has 94 valence electrons. The van der Waals surface area contributed by atoms with Gasteiger partial charge in [0.2, 0.25) is 5.88 Å². The molecule has 0 spiro atoms. The van der Waals surface area contributed by atoms with E-state index in [1.54, 1.807) is 18.5 Å². The highest BCUT2D eigenvalue weighted by Gasteiger charge is 2.18. The van der Waals surface area contributed by atoms with Crippen molar-refractivity contribution in [2.75, 3.05) is 5.73 Å². The molecule has 0 aliphatic heterocycles. The number of benzene rings is 1. The monoisotopic (exact) mass is 271 g/mol. The van der Waals surface area contributed by atoms with Gasteiger partial charge in [0.05, 0.1) is 10.6 Å². The number of aromatic nitrogens is 2. The number of hydrogen-bond donors (Lipinski definition) is 1. The number of nitrogen functional groups attached to an aromatic ring is 1. The van der Waals surface area contributed by atoms with E-state index in [-0.39, 0.29) is 5.88 Å². The van der Waals surface area contributed by atoms with Crippen LogP contribution in [0.25, 0.3) is 22.4 Å². The summed E-state index contributed by atoms with van der Waals surface area (Å²) in [5, 5.41) is 4.61. The van der Waals surface area contributed by atoms with Crippen molar-refractivity contribution in [2.45, 2.75) is 0 Å². The Morgan fingerprint density at radius 3 is 2.68 bits per heavy atom. The zero-order valence-corrected chi connectivity index (χ0v) is 10.6. The molecule has 2 heterocycles. The van der Waals surface area contributed by atoms with E-state index in [4.69, 9.17) is 21.9 Å². The Bertz CT molecular complexity index is 710. The van der Waals surface area contributed by atoms with Crippen LogP contribution in [0.15, 0.2) is 53.3 Å². The quantitative estimate of drug-likeness (QED) is 0.773. The Labute approximate surface area is 114 Å². The first-order valence-corrected chi connectivity index (χ1v) is 6.05. The third-order valence-electron chi connectivity index (χ3n) is 2.80. The standard InChI is InChI=1S/C14H10ClN3O/c15-11-6-2-1-5-10(11)13-12(14(16)19-18-13)9-4-3-7-17-8-9/h1-8H,16H2. The lowest BCUT2D eigenvalue weighted by Gasteiger charge is -2.03. The molecular weight excluding hydrogens is 262 g/mol. The molecule has 3 aromatic rings. The summed E-state index contributed by atoms with van der Waals surface area (Å²) in [6.45, 7) is 0. The number of hydrogen-bond acceptors (Lipinski definition) is 4. The van der Waals surface area contributed by atoms with Crippen molar-refractivity contribution in [1.29, 1.82) is 0 Å². The normalized spacial score (nSPS) is 10.6. The third-order valence-corrected chi connectivity index (χ3v) is 3.13. The van der Waals surface area contributed by atoms with E-state index >= 15 is 0 Å². The number of halogens is 1. The van der Waals surface area contributed by atoms with Crippen LogP contribution in [-0.2, 0) is 0 Å². The summed E-state index contributed by atoms with van der Waals surface area (Å²) in [5.74, 6) is 0.253. The molecule has 0 aliphatic rings. The molecule has 4 nitrogen and oxygen atoms in total. The summed E-state index contributed by atoms with van der Waals surface area (Å²) in [5.41, 5.74) is 8.82. The molecule has 1 aromatic carbocycles. The molecule has 0 unspecified atom stereocenters. The molecule has 3 rings (SSSR count). The summed E-state index contributed by atoms with van der Waals surface area (Å²) in [7, 11) is 0. The SMILES string of the molecule is Nc1onc(-c2ccccc2Cl)c1-c1cccnc1. The van der Waals surface area contributed by atoms with Crippen molar-refractivity contribution in [1.82, 2.24) is 10.1 Å². The fourth-order valence-electron chi connectivity index (χ4n) is 1.93. The fraction of sp³-hybridized carbons (Fsp3) is 0. The minimum absolute atomic E-state index is 0.253. The number of nitrogens with two attached hydrogens (primary N) is 1. The first kappa shape index (κ1) is 11.7. The lowest BCUT2D eigenvalue weighted by molar-refractivity contribution is 0.439. The van der Waals surface area contributed by atoms with Crippen LogP contribution in [0, 0.1) is 0 Å². The van der Waals surface area contributed by atoms with Gasteiger partial charge in [0.1, 0.15) is 5.69 Å². The van der Waals surface area contributed by atoms with Crippen molar-refractivity contribution in [3.8, 4) is 22.4 Å². The van der Waals surface area contributed by atoms with Crippen molar-refractivity contribution in [3.63, 3.8) is 0 Å². The smallest absolute Gasteiger partial charge is 0.230 e. The molecule has 0 aliphatic carbocycles. The highest BCUT2D eigenvalue weighted by molar-refractivity contribution is 6.33. The molecule has 0 fully saturated rings. The largest absolute Gasteiger partial charge is 0.367 e. The van der Waals surface area contributed by atoms with Crippen molar-refractivity contribution in [2.24, 2.45) is 0 Å². The predicted octanol–water partition coefficient (Wildman–Crippen LogP) is 3.64. The van der Waals surface area contributed by atoms with Gasteiger partial charge in [-0.05, 0) is 12.1 Å². The van der Waals surface area contributed by atoms with Gasteiger partial charge >= 0.3 is 0 Å². The maximum atomic E-state index is 6.19. The Balaban J connectivity index is 2.23. The van der Waals surface area contributed by atoms with E-state index in [0.717, 1.165) is 11.1 Å². The molecule has 2 aromatic heterocycles. The molecule has 19 heavy (non-hydrogen) atoms. The summed E-state index contributed by atoms with van der Waals surface area (Å²) in [6.07, 6.45) is 3.41. The van der Waals surface area contributed by atoms with Gasteiger partial charge in [-0.3, -0.25) is 4.98 Å². The number of nitrogens with zero attached hydrogens (tertiary/aromatic N) is 2. The van der Waals surface area contributed by atoms with Crippen LogP contribution in [0.3, 0.4) is 0 Å². The zero-order valence-electron chi connectivity index (χ0n) is 9.88. The lowest BCUT2D eigenvalue weighted by atomic mass is 10.0. The summed E-state index contributed by atoms with van der Waals surface area (Å²) in [4.78, 5) is 4.08. The maximum absolute atomic E-state index is 6.19. The van der Waals surface area contributed by atoms with Gasteiger partial charge in [-0.2, -0.15) is 0 Å². The second kappa shape index (κ2) is 4.74. The van der Waals surface area contributed by atoms with E-state index in [9.17, 15) is 0 Å². The molecular formula is C14H10ClN3O. The molecule has 0 saturated carbocycles. The number of rotatable bonds is 2. The van der Waals surface area contributed by atoms with Gasteiger partial charge < -0.3 is 10.3 Å². The van der Waals surface area contributed by atoms with Crippen LogP contribution in [0.2, 0.25) is 5.02 Å². The van der Waals surface area contributed by atoms with Gasteiger partial charge in [0.15, 0.2) is 0 Å². The topological polar surface area (TPSA) is 64.9 Å². The summed E-state index contributed by atoms with van der Waals surface area (Å²) in [6, 6.07) is 11.2. The molecule has 5 heteroatoms. The molecule has 2 N–H and O–H groups in total. The van der Waals surface area contributed by atoms with Gasteiger partial charge in [0, 0.05) is 23.5 Å². The fourth-order valence-corrected chi connectivity index (χ4v) is 2.15. The predicted molar refractivity (Wildman–Crippen MR) is 74.6 cm³/mol. The van der Waals surface area contributed by atoms with Gasteiger partial charge in [-0.25, -0.2) is 0 Å². The number of anilines is 1. The van der Waals surface area contributed by atoms with Crippen LogP contribution in [-0.4, -0.2) is 10.1 Å². The van der Waals surface area contributed by atoms with Gasteiger partial charge in [0.25, 0.3) is 0 Å². The third kappa shape index (κ3) is 2.06. The van der Waals surface area contributed by atoms with Crippen molar-refractivity contribution in [3.05, 3.63) is 53.8 Å². The van der Waals surface area contributed by atoms with E-state index in [0.29, 0.717) is 16.3 Å². The van der Waals surface area contributed by atoms with Crippen LogP contribution in [0.5, 0.6) is 0 Å². The number of pyridine rings is 1. The summed E-state index contributed by atoms with van der Waals surface area (Å²) >= 11 is 6.19. The van der Waals surface area contributed by atoms with E-state index < -0.39 is 0 Å². The zero-order chi connectivity index (χ0) is 13.2. The van der Waals surface area contributed by atoms with Gasteiger partial charge in [-0.15, -0.1) is 0 Å². The van der Waals surface area contributed by atoms with Crippen LogP contribution >= 0.6 is 11.6 Å². The van der Waals surface area contributed by atoms with Gasteiger partial charge in [-0.1, -0.05) is 41.0 Å². The first-order valence-electron chi connectivity index (χ1n) is 5.68. The second-order valence-electron chi connectivity index (χ2n) is 3.99. The minimum Gasteiger partial charge on any atom is -0.367 e. The Morgan fingerprint density at radius 1 is 1.11 bits per heavy atom. The van der Waals surface area contributed by atoms with E-state index in [2.05, 4.69) is 10.1 Å². The molecule has 0 saturated heterocycles. The van der Waals surface area contributed by atoms with Crippen LogP contribution in [0.1, 0.15) is 0 Å². The average molecular weight is 272 g/mol. The molecule has 0 amide bonds. The Kier molecular flexibility index (Phi) is 2.93. The first-order chi connectivity index (χ1) is 9.27. The van der Waals surface area contributed by atoms with Crippen LogP contribution in [0.4, 0.5) is 5.88 Å². The lowest BCUT2D eigenvalue weighted by Crippen LogP contribution is -1.88. The minimum atomic E-state index is 0.253. The van der Waals surface area contributed by atoms with E-state index in [1.807, 2.05) is 30.3 Å². The summed E-state index contributed by atoms with van der Waals surface area (Å²) < 4.78 is 5.10. The van der Waals surface area contributed by atoms with E-state index in [1.165, 1.54) is 0 Å². The highest BCUT2D eigenvalue weighted by atomic mass is 35.5. The second-order valence-corrected chi connectivity index (χ2v) is 4.40. The Hall–Kier alpha value is -2.33. The highest BCUT2D eigenvalue weighted by Crippen LogP contribution is 2.38. The van der Waals surface area contributed by atoms with Crippen LogP contribution < -0.4 is 5.73 Å². The molecule has 0 bridgehead atoms. The molecule has 0 radical (unpaired) electrons. The molecule has 0 atom stereocenters. The average Bonchev–Trinajstić information content (AvgIpc) is 2.82. The van der Waals surface area contributed by atoms with Crippen molar-refractivity contribution < 1.29 is 4.52 Å².